The van der Waals surface area contributed by atoms with Gasteiger partial charge in [-0.05, 0) is 32.9 Å². The molecular formula is C13H22N4. The van der Waals surface area contributed by atoms with E-state index in [-0.39, 0.29) is 5.54 Å². The Bertz CT molecular complexity index is 402. The molecule has 0 radical (unpaired) electrons. The third-order valence-corrected chi connectivity index (χ3v) is 2.22. The first-order valence-electron chi connectivity index (χ1n) is 5.68. The van der Waals surface area contributed by atoms with Gasteiger partial charge in [0.05, 0.1) is 5.54 Å². The zero-order valence-corrected chi connectivity index (χ0v) is 11.3. The number of amidine groups is 1. The highest BCUT2D eigenvalue weighted by atomic mass is 15.3. The van der Waals surface area contributed by atoms with Crippen molar-refractivity contribution in [1.82, 2.24) is 5.43 Å². The minimum absolute atomic E-state index is 0.157. The number of benzene rings is 1. The lowest BCUT2D eigenvalue weighted by atomic mass is 10.1. The van der Waals surface area contributed by atoms with Crippen molar-refractivity contribution >= 4 is 11.5 Å². The molecule has 1 aromatic rings. The first-order valence-corrected chi connectivity index (χ1v) is 5.68. The maximum absolute atomic E-state index is 5.54. The predicted octanol–water partition coefficient (Wildman–Crippen LogP) is 1.76. The summed E-state index contributed by atoms with van der Waals surface area (Å²) < 4.78 is 0. The summed E-state index contributed by atoms with van der Waals surface area (Å²) in [5.74, 6) is 6.25. The summed E-state index contributed by atoms with van der Waals surface area (Å²) in [7, 11) is 4.02. The summed E-state index contributed by atoms with van der Waals surface area (Å²) in [6.07, 6.45) is 0. The Kier molecular flexibility index (Phi) is 4.12. The number of rotatable bonds is 2. The van der Waals surface area contributed by atoms with E-state index in [9.17, 15) is 0 Å². The van der Waals surface area contributed by atoms with E-state index in [1.54, 1.807) is 0 Å². The first kappa shape index (κ1) is 13.5. The number of hydrogen-bond donors (Lipinski definition) is 2. The second-order valence-corrected chi connectivity index (χ2v) is 5.22. The van der Waals surface area contributed by atoms with Crippen LogP contribution in [0.5, 0.6) is 0 Å². The van der Waals surface area contributed by atoms with Gasteiger partial charge in [-0.25, -0.2) is 5.84 Å². The molecule has 3 N–H and O–H groups in total. The molecule has 0 amide bonds. The van der Waals surface area contributed by atoms with Crippen LogP contribution in [0.15, 0.2) is 29.3 Å². The molecule has 0 aliphatic heterocycles. The average Bonchev–Trinajstić information content (AvgIpc) is 2.25. The normalized spacial score (nSPS) is 12.5. The second-order valence-electron chi connectivity index (χ2n) is 5.22. The van der Waals surface area contributed by atoms with Crippen LogP contribution in [0.4, 0.5) is 5.69 Å². The van der Waals surface area contributed by atoms with Crippen molar-refractivity contribution in [1.29, 1.82) is 0 Å². The van der Waals surface area contributed by atoms with Crippen LogP contribution in [0.2, 0.25) is 0 Å². The highest BCUT2D eigenvalue weighted by molar-refractivity contribution is 5.99. The van der Waals surface area contributed by atoms with Gasteiger partial charge in [0.2, 0.25) is 0 Å². The van der Waals surface area contributed by atoms with Gasteiger partial charge in [-0.3, -0.25) is 4.99 Å². The van der Waals surface area contributed by atoms with Crippen molar-refractivity contribution in [2.24, 2.45) is 10.8 Å². The first-order chi connectivity index (χ1) is 7.83. The molecule has 0 saturated heterocycles. The molecule has 0 fully saturated rings. The third kappa shape index (κ3) is 4.07. The lowest BCUT2D eigenvalue weighted by Crippen LogP contribution is -2.33. The molecular weight excluding hydrogens is 212 g/mol. The molecule has 0 unspecified atom stereocenters. The molecule has 1 rings (SSSR count). The van der Waals surface area contributed by atoms with Gasteiger partial charge in [-0.1, -0.05) is 12.1 Å². The van der Waals surface area contributed by atoms with Crippen molar-refractivity contribution in [3.05, 3.63) is 29.8 Å². The molecule has 4 heteroatoms. The summed E-state index contributed by atoms with van der Waals surface area (Å²) in [6, 6.07) is 8.11. The smallest absolute Gasteiger partial charge is 0.143 e. The van der Waals surface area contributed by atoms with Crippen LogP contribution in [0, 0.1) is 0 Å². The Morgan fingerprint density at radius 1 is 1.29 bits per heavy atom. The molecule has 0 aliphatic rings. The van der Waals surface area contributed by atoms with E-state index < -0.39 is 0 Å². The van der Waals surface area contributed by atoms with E-state index in [1.165, 1.54) is 0 Å². The van der Waals surface area contributed by atoms with Crippen LogP contribution < -0.4 is 16.2 Å². The second kappa shape index (κ2) is 5.19. The standard InChI is InChI=1S/C13H22N4/c1-13(2,3)15-12(16-14)10-7-6-8-11(9-10)17(4)5/h6-9H,14H2,1-5H3,(H,15,16). The van der Waals surface area contributed by atoms with E-state index >= 15 is 0 Å². The topological polar surface area (TPSA) is 53.6 Å². The van der Waals surface area contributed by atoms with Gasteiger partial charge in [0.25, 0.3) is 0 Å². The lowest BCUT2D eigenvalue weighted by Gasteiger charge is -2.18. The third-order valence-electron chi connectivity index (χ3n) is 2.22. The molecule has 0 bridgehead atoms. The maximum Gasteiger partial charge on any atom is 0.143 e. The van der Waals surface area contributed by atoms with Crippen LogP contribution in [-0.4, -0.2) is 25.5 Å². The zero-order valence-electron chi connectivity index (χ0n) is 11.3. The maximum atomic E-state index is 5.54. The van der Waals surface area contributed by atoms with Gasteiger partial charge in [-0.15, -0.1) is 0 Å². The number of nitrogens with one attached hydrogen (secondary N) is 1. The summed E-state index contributed by atoms with van der Waals surface area (Å²) in [4.78, 5) is 6.61. The van der Waals surface area contributed by atoms with Gasteiger partial charge in [0.1, 0.15) is 5.84 Å². The van der Waals surface area contributed by atoms with Gasteiger partial charge >= 0.3 is 0 Å². The molecule has 0 spiro atoms. The average molecular weight is 234 g/mol. The van der Waals surface area contributed by atoms with Gasteiger partial charge in [-0.2, -0.15) is 0 Å². The lowest BCUT2D eigenvalue weighted by molar-refractivity contribution is 0.580. The van der Waals surface area contributed by atoms with Crippen molar-refractivity contribution < 1.29 is 0 Å². The predicted molar refractivity (Wildman–Crippen MR) is 74.4 cm³/mol. The number of hydrazine groups is 1. The minimum Gasteiger partial charge on any atom is -0.378 e. The van der Waals surface area contributed by atoms with Crippen molar-refractivity contribution in [3.8, 4) is 0 Å². The van der Waals surface area contributed by atoms with Crippen molar-refractivity contribution in [2.75, 3.05) is 19.0 Å². The largest absolute Gasteiger partial charge is 0.378 e. The molecule has 1 aromatic carbocycles. The fraction of sp³-hybridized carbons (Fsp3) is 0.462. The Balaban J connectivity index is 3.13. The van der Waals surface area contributed by atoms with Crippen molar-refractivity contribution in [3.63, 3.8) is 0 Å². The SMILES string of the molecule is CN(C)c1cccc(C(=NC(C)(C)C)NN)c1. The quantitative estimate of drug-likeness (QED) is 0.355. The molecule has 0 aliphatic carbocycles. The van der Waals surface area contributed by atoms with Crippen molar-refractivity contribution in [2.45, 2.75) is 26.3 Å². The molecule has 4 nitrogen and oxygen atoms in total. The Morgan fingerprint density at radius 3 is 2.41 bits per heavy atom. The molecule has 17 heavy (non-hydrogen) atoms. The Labute approximate surface area is 104 Å². The molecule has 94 valence electrons. The number of hydrogen-bond acceptors (Lipinski definition) is 3. The summed E-state index contributed by atoms with van der Waals surface area (Å²) in [5.41, 5.74) is 4.63. The van der Waals surface area contributed by atoms with E-state index in [4.69, 9.17) is 5.84 Å². The van der Waals surface area contributed by atoms with Crippen LogP contribution in [0.3, 0.4) is 0 Å². The van der Waals surface area contributed by atoms with Gasteiger partial charge in [0.15, 0.2) is 0 Å². The Morgan fingerprint density at radius 2 is 1.94 bits per heavy atom. The number of nitrogens with two attached hydrogens (primary N) is 1. The molecule has 0 saturated carbocycles. The van der Waals surface area contributed by atoms with Crippen LogP contribution >= 0.6 is 0 Å². The number of nitrogens with zero attached hydrogens (tertiary/aromatic N) is 2. The summed E-state index contributed by atoms with van der Waals surface area (Å²) in [6.45, 7) is 6.13. The zero-order chi connectivity index (χ0) is 13.1. The highest BCUT2D eigenvalue weighted by Crippen LogP contribution is 2.15. The summed E-state index contributed by atoms with van der Waals surface area (Å²) >= 11 is 0. The monoisotopic (exact) mass is 234 g/mol. The fourth-order valence-electron chi connectivity index (χ4n) is 1.45. The Hall–Kier alpha value is -1.55. The minimum atomic E-state index is -0.157. The number of anilines is 1. The van der Waals surface area contributed by atoms with Crippen LogP contribution in [-0.2, 0) is 0 Å². The molecule has 0 atom stereocenters. The highest BCUT2D eigenvalue weighted by Gasteiger charge is 2.11. The van der Waals surface area contributed by atoms with Gasteiger partial charge in [0, 0.05) is 25.3 Å². The van der Waals surface area contributed by atoms with Crippen LogP contribution in [0.1, 0.15) is 26.3 Å². The molecule has 0 heterocycles. The fourth-order valence-corrected chi connectivity index (χ4v) is 1.45. The summed E-state index contributed by atoms with van der Waals surface area (Å²) in [5, 5.41) is 0. The van der Waals surface area contributed by atoms with E-state index in [0.29, 0.717) is 5.84 Å². The number of aliphatic imine (C=N–C) groups is 1. The van der Waals surface area contributed by atoms with E-state index in [0.717, 1.165) is 11.3 Å². The van der Waals surface area contributed by atoms with E-state index in [2.05, 4.69) is 27.5 Å². The molecule has 0 aromatic heterocycles. The van der Waals surface area contributed by atoms with E-state index in [1.807, 2.05) is 47.0 Å². The van der Waals surface area contributed by atoms with Gasteiger partial charge < -0.3 is 10.3 Å². The van der Waals surface area contributed by atoms with Crippen LogP contribution in [0.25, 0.3) is 0 Å².